The summed E-state index contributed by atoms with van der Waals surface area (Å²) >= 11 is 0. The van der Waals surface area contributed by atoms with Crippen LogP contribution < -0.4 is 0 Å². The highest BCUT2D eigenvalue weighted by Gasteiger charge is 2.48. The van der Waals surface area contributed by atoms with Gasteiger partial charge in [-0.1, -0.05) is 19.9 Å². The van der Waals surface area contributed by atoms with Crippen LogP contribution in [0.15, 0.2) is 12.8 Å². The Balaban J connectivity index is 4.59. The van der Waals surface area contributed by atoms with Gasteiger partial charge in [-0.15, -0.1) is 0 Å². The summed E-state index contributed by atoms with van der Waals surface area (Å²) in [6.07, 6.45) is 3.20. The van der Waals surface area contributed by atoms with E-state index in [-0.39, 0.29) is 5.73 Å². The third kappa shape index (κ3) is 3.09. The largest absolute Gasteiger partial charge is 0.543 e. The molecule has 0 N–H and O–H groups in total. The molecule has 4 nitrogen and oxygen atoms in total. The van der Waals surface area contributed by atoms with E-state index < -0.39 is 8.80 Å². The minimum absolute atomic E-state index is 0.176. The standard InChI is InChI=1S/C9H20O4Si/c1-6-8-9(13-7-2)14(10-3,11-4)12-5/h7,9H,2,6,8H2,1,3-5H3. The lowest BCUT2D eigenvalue weighted by Gasteiger charge is -2.31. The van der Waals surface area contributed by atoms with Crippen LogP contribution in [0.2, 0.25) is 0 Å². The first-order chi connectivity index (χ1) is 6.70. The monoisotopic (exact) mass is 220 g/mol. The summed E-state index contributed by atoms with van der Waals surface area (Å²) in [5.41, 5.74) is -0.176. The van der Waals surface area contributed by atoms with Gasteiger partial charge in [-0.05, 0) is 6.42 Å². The minimum atomic E-state index is -2.68. The van der Waals surface area contributed by atoms with Gasteiger partial charge in [0.2, 0.25) is 0 Å². The van der Waals surface area contributed by atoms with E-state index in [2.05, 4.69) is 13.5 Å². The molecule has 0 heterocycles. The van der Waals surface area contributed by atoms with Gasteiger partial charge in [-0.2, -0.15) is 0 Å². The highest BCUT2D eigenvalue weighted by Crippen LogP contribution is 2.19. The van der Waals surface area contributed by atoms with Gasteiger partial charge in [0.1, 0.15) is 0 Å². The molecule has 0 aliphatic heterocycles. The molecular weight excluding hydrogens is 200 g/mol. The van der Waals surface area contributed by atoms with Crippen LogP contribution in [0.5, 0.6) is 0 Å². The molecule has 0 rings (SSSR count). The van der Waals surface area contributed by atoms with E-state index in [4.69, 9.17) is 18.0 Å². The second-order valence-electron chi connectivity index (χ2n) is 2.80. The van der Waals surface area contributed by atoms with Crippen molar-refractivity contribution in [3.63, 3.8) is 0 Å². The molecule has 0 aliphatic carbocycles. The molecule has 14 heavy (non-hydrogen) atoms. The molecule has 0 aromatic heterocycles. The van der Waals surface area contributed by atoms with Crippen LogP contribution in [0.25, 0.3) is 0 Å². The maximum Gasteiger partial charge on any atom is 0.543 e. The molecule has 0 amide bonds. The number of hydrogen-bond donors (Lipinski definition) is 0. The molecule has 5 heteroatoms. The summed E-state index contributed by atoms with van der Waals surface area (Å²) in [7, 11) is 2.05. The SMILES string of the molecule is C=COC(CCC)[Si](OC)(OC)OC. The third-order valence-electron chi connectivity index (χ3n) is 2.06. The summed E-state index contributed by atoms with van der Waals surface area (Å²) in [5.74, 6) is 0. The Kier molecular flexibility index (Phi) is 6.82. The van der Waals surface area contributed by atoms with Crippen molar-refractivity contribution in [1.29, 1.82) is 0 Å². The maximum atomic E-state index is 5.37. The van der Waals surface area contributed by atoms with Gasteiger partial charge < -0.3 is 18.0 Å². The summed E-state index contributed by atoms with van der Waals surface area (Å²) in [5, 5.41) is 0. The fourth-order valence-corrected chi connectivity index (χ4v) is 3.54. The summed E-state index contributed by atoms with van der Waals surface area (Å²) in [4.78, 5) is 0. The van der Waals surface area contributed by atoms with Crippen LogP contribution in [-0.2, 0) is 18.0 Å². The molecule has 84 valence electrons. The Morgan fingerprint density at radius 3 is 2.00 bits per heavy atom. The van der Waals surface area contributed by atoms with E-state index in [9.17, 15) is 0 Å². The Hall–Kier alpha value is -0.363. The molecule has 1 atom stereocenters. The molecule has 0 saturated heterocycles. The molecule has 0 fully saturated rings. The molecule has 0 radical (unpaired) electrons. The summed E-state index contributed by atoms with van der Waals surface area (Å²) in [6.45, 7) is 5.60. The average molecular weight is 220 g/mol. The first-order valence-corrected chi connectivity index (χ1v) is 6.42. The zero-order chi connectivity index (χ0) is 11.0. The quantitative estimate of drug-likeness (QED) is 0.461. The normalized spacial score (nSPS) is 13.7. The number of rotatable bonds is 8. The predicted octanol–water partition coefficient (Wildman–Crippen LogP) is 1.73. The highest BCUT2D eigenvalue weighted by molar-refractivity contribution is 6.62. The van der Waals surface area contributed by atoms with Gasteiger partial charge in [0.05, 0.1) is 6.26 Å². The average Bonchev–Trinajstić information content (AvgIpc) is 2.22. The van der Waals surface area contributed by atoms with Crippen molar-refractivity contribution in [2.45, 2.75) is 25.5 Å². The van der Waals surface area contributed by atoms with Crippen LogP contribution in [-0.4, -0.2) is 35.9 Å². The van der Waals surface area contributed by atoms with Gasteiger partial charge in [0, 0.05) is 21.3 Å². The molecule has 0 aliphatic rings. The summed E-state index contributed by atoms with van der Waals surface area (Å²) < 4.78 is 21.3. The van der Waals surface area contributed by atoms with Gasteiger partial charge in [-0.25, -0.2) is 0 Å². The predicted molar refractivity (Wildman–Crippen MR) is 56.8 cm³/mol. The zero-order valence-corrected chi connectivity index (χ0v) is 10.4. The number of hydrogen-bond acceptors (Lipinski definition) is 4. The first kappa shape index (κ1) is 13.6. The van der Waals surface area contributed by atoms with E-state index >= 15 is 0 Å². The van der Waals surface area contributed by atoms with Crippen molar-refractivity contribution in [2.24, 2.45) is 0 Å². The molecular formula is C9H20O4Si. The molecule has 0 aromatic rings. The van der Waals surface area contributed by atoms with E-state index in [0.717, 1.165) is 12.8 Å². The van der Waals surface area contributed by atoms with Crippen molar-refractivity contribution in [3.8, 4) is 0 Å². The molecule has 0 saturated carbocycles. The van der Waals surface area contributed by atoms with Gasteiger partial charge in [0.25, 0.3) is 0 Å². The fraction of sp³-hybridized carbons (Fsp3) is 0.778. The van der Waals surface area contributed by atoms with Crippen LogP contribution in [0.3, 0.4) is 0 Å². The molecule has 0 aromatic carbocycles. The second kappa shape index (κ2) is 7.00. The van der Waals surface area contributed by atoms with Gasteiger partial charge >= 0.3 is 8.80 Å². The van der Waals surface area contributed by atoms with Crippen LogP contribution in [0.1, 0.15) is 19.8 Å². The zero-order valence-electron chi connectivity index (χ0n) is 9.41. The lowest BCUT2D eigenvalue weighted by atomic mass is 10.4. The van der Waals surface area contributed by atoms with Crippen LogP contribution in [0, 0.1) is 0 Å². The molecule has 0 bridgehead atoms. The van der Waals surface area contributed by atoms with Crippen molar-refractivity contribution >= 4 is 8.80 Å². The van der Waals surface area contributed by atoms with Crippen LogP contribution in [0.4, 0.5) is 0 Å². The highest BCUT2D eigenvalue weighted by atomic mass is 28.4. The lowest BCUT2D eigenvalue weighted by Crippen LogP contribution is -2.55. The van der Waals surface area contributed by atoms with Gasteiger partial charge in [0.15, 0.2) is 5.73 Å². The number of ether oxygens (including phenoxy) is 1. The van der Waals surface area contributed by atoms with Crippen LogP contribution >= 0.6 is 0 Å². The van der Waals surface area contributed by atoms with E-state index in [1.807, 2.05) is 0 Å². The fourth-order valence-electron chi connectivity index (χ4n) is 1.35. The lowest BCUT2D eigenvalue weighted by molar-refractivity contribution is 0.0478. The Labute approximate surface area is 87.2 Å². The second-order valence-corrected chi connectivity index (χ2v) is 5.87. The van der Waals surface area contributed by atoms with Crippen molar-refractivity contribution < 1.29 is 18.0 Å². The topological polar surface area (TPSA) is 36.9 Å². The Morgan fingerprint density at radius 1 is 1.21 bits per heavy atom. The molecule has 0 spiro atoms. The minimum Gasteiger partial charge on any atom is -0.494 e. The van der Waals surface area contributed by atoms with E-state index in [1.54, 1.807) is 21.3 Å². The first-order valence-electron chi connectivity index (χ1n) is 4.62. The maximum absolute atomic E-state index is 5.37. The summed E-state index contributed by atoms with van der Waals surface area (Å²) in [6, 6.07) is 0. The van der Waals surface area contributed by atoms with Crippen molar-refractivity contribution in [1.82, 2.24) is 0 Å². The van der Waals surface area contributed by atoms with Crippen molar-refractivity contribution in [2.75, 3.05) is 21.3 Å². The molecule has 1 unspecified atom stereocenters. The Morgan fingerprint density at radius 2 is 1.71 bits per heavy atom. The van der Waals surface area contributed by atoms with E-state index in [0.29, 0.717) is 0 Å². The third-order valence-corrected chi connectivity index (χ3v) is 4.98. The van der Waals surface area contributed by atoms with Crippen molar-refractivity contribution in [3.05, 3.63) is 12.8 Å². The Bertz CT molecular complexity index is 151. The smallest absolute Gasteiger partial charge is 0.494 e. The van der Waals surface area contributed by atoms with E-state index in [1.165, 1.54) is 6.26 Å². The van der Waals surface area contributed by atoms with Gasteiger partial charge in [-0.3, -0.25) is 0 Å².